The minimum atomic E-state index is -0.127. The van der Waals surface area contributed by atoms with Crippen molar-refractivity contribution in [2.45, 2.75) is 19.4 Å². The number of nitrogens with zero attached hydrogens (tertiary/aromatic N) is 1. The first-order valence-corrected chi connectivity index (χ1v) is 5.65. The third kappa shape index (κ3) is 2.72. The van der Waals surface area contributed by atoms with Crippen LogP contribution in [0, 0.1) is 0 Å². The number of imidazole rings is 1. The summed E-state index contributed by atoms with van der Waals surface area (Å²) in [5.41, 5.74) is 1.60. The minimum absolute atomic E-state index is 0.0343. The fourth-order valence-electron chi connectivity index (χ4n) is 1.72. The lowest BCUT2D eigenvalue weighted by Gasteiger charge is -2.16. The molecule has 2 N–H and O–H groups in total. The number of aromatic nitrogens is 2. The van der Waals surface area contributed by atoms with E-state index in [1.54, 1.807) is 0 Å². The molecule has 0 aliphatic carbocycles. The van der Waals surface area contributed by atoms with Gasteiger partial charge in [-0.1, -0.05) is 37.3 Å². The van der Waals surface area contributed by atoms with E-state index in [0.717, 1.165) is 12.0 Å². The van der Waals surface area contributed by atoms with Gasteiger partial charge in [0.1, 0.15) is 5.69 Å². The largest absolute Gasteiger partial charge is 0.344 e. The first-order chi connectivity index (χ1) is 8.31. The van der Waals surface area contributed by atoms with Gasteiger partial charge in [0.2, 0.25) is 0 Å². The normalized spacial score (nSPS) is 12.1. The number of H-pyrrole nitrogens is 1. The third-order valence-electron chi connectivity index (χ3n) is 2.66. The van der Waals surface area contributed by atoms with Gasteiger partial charge in [0.25, 0.3) is 5.91 Å². The molecule has 1 atom stereocenters. The van der Waals surface area contributed by atoms with E-state index in [2.05, 4.69) is 15.3 Å². The topological polar surface area (TPSA) is 57.8 Å². The SMILES string of the molecule is CCC(NC(=O)c1cnc[nH]1)c1ccccc1. The first kappa shape index (κ1) is 11.4. The zero-order valence-corrected chi connectivity index (χ0v) is 9.68. The van der Waals surface area contributed by atoms with Crippen molar-refractivity contribution >= 4 is 5.91 Å². The summed E-state index contributed by atoms with van der Waals surface area (Å²) < 4.78 is 0. The number of nitrogens with one attached hydrogen (secondary N) is 2. The van der Waals surface area contributed by atoms with Gasteiger partial charge in [0, 0.05) is 0 Å². The van der Waals surface area contributed by atoms with Gasteiger partial charge in [-0.25, -0.2) is 4.98 Å². The van der Waals surface area contributed by atoms with Crippen LogP contribution in [-0.2, 0) is 0 Å². The molecule has 4 heteroatoms. The smallest absolute Gasteiger partial charge is 0.269 e. The van der Waals surface area contributed by atoms with Crippen molar-refractivity contribution in [3.05, 3.63) is 54.1 Å². The highest BCUT2D eigenvalue weighted by Gasteiger charge is 2.14. The van der Waals surface area contributed by atoms with Crippen LogP contribution in [0.15, 0.2) is 42.9 Å². The highest BCUT2D eigenvalue weighted by molar-refractivity contribution is 5.92. The molecule has 1 heterocycles. The summed E-state index contributed by atoms with van der Waals surface area (Å²) in [5, 5.41) is 2.98. The van der Waals surface area contributed by atoms with E-state index in [4.69, 9.17) is 0 Å². The maximum atomic E-state index is 11.9. The van der Waals surface area contributed by atoms with E-state index >= 15 is 0 Å². The van der Waals surface area contributed by atoms with Crippen molar-refractivity contribution in [3.63, 3.8) is 0 Å². The average Bonchev–Trinajstić information content (AvgIpc) is 2.90. The highest BCUT2D eigenvalue weighted by Crippen LogP contribution is 2.16. The number of carbonyl (C=O) groups excluding carboxylic acids is 1. The number of carbonyl (C=O) groups is 1. The van der Waals surface area contributed by atoms with Crippen molar-refractivity contribution in [1.82, 2.24) is 15.3 Å². The predicted molar refractivity (Wildman–Crippen MR) is 65.5 cm³/mol. The molecule has 0 radical (unpaired) electrons. The highest BCUT2D eigenvalue weighted by atomic mass is 16.1. The molecule has 1 aromatic heterocycles. The van der Waals surface area contributed by atoms with Gasteiger partial charge in [-0.15, -0.1) is 0 Å². The molecule has 0 bridgehead atoms. The molecule has 88 valence electrons. The van der Waals surface area contributed by atoms with E-state index in [0.29, 0.717) is 5.69 Å². The van der Waals surface area contributed by atoms with Crippen molar-refractivity contribution in [2.24, 2.45) is 0 Å². The Morgan fingerprint density at radius 2 is 2.18 bits per heavy atom. The zero-order valence-electron chi connectivity index (χ0n) is 9.68. The zero-order chi connectivity index (χ0) is 12.1. The van der Waals surface area contributed by atoms with Gasteiger partial charge in [-0.3, -0.25) is 4.79 Å². The molecule has 2 rings (SSSR count). The molecule has 0 spiro atoms. The molecule has 2 aromatic rings. The molecule has 0 aliphatic rings. The Morgan fingerprint density at radius 3 is 2.76 bits per heavy atom. The van der Waals surface area contributed by atoms with Crippen LogP contribution in [0.25, 0.3) is 0 Å². The first-order valence-electron chi connectivity index (χ1n) is 5.65. The van der Waals surface area contributed by atoms with Crippen molar-refractivity contribution in [1.29, 1.82) is 0 Å². The molecular formula is C13H15N3O. The summed E-state index contributed by atoms with van der Waals surface area (Å²) in [4.78, 5) is 18.5. The number of rotatable bonds is 4. The molecule has 0 saturated carbocycles. The maximum absolute atomic E-state index is 11.9. The van der Waals surface area contributed by atoms with Crippen LogP contribution in [0.1, 0.15) is 35.4 Å². The molecular weight excluding hydrogens is 214 g/mol. The quantitative estimate of drug-likeness (QED) is 0.845. The van der Waals surface area contributed by atoms with Crippen LogP contribution in [0.5, 0.6) is 0 Å². The summed E-state index contributed by atoms with van der Waals surface area (Å²) in [5.74, 6) is -0.127. The molecule has 17 heavy (non-hydrogen) atoms. The Morgan fingerprint density at radius 1 is 1.41 bits per heavy atom. The maximum Gasteiger partial charge on any atom is 0.269 e. The van der Waals surface area contributed by atoms with Crippen LogP contribution >= 0.6 is 0 Å². The van der Waals surface area contributed by atoms with Crippen LogP contribution in [-0.4, -0.2) is 15.9 Å². The Kier molecular flexibility index (Phi) is 3.55. The van der Waals surface area contributed by atoms with E-state index in [-0.39, 0.29) is 11.9 Å². The van der Waals surface area contributed by atoms with Crippen LogP contribution in [0.3, 0.4) is 0 Å². The number of hydrogen-bond acceptors (Lipinski definition) is 2. The Hall–Kier alpha value is -2.10. The summed E-state index contributed by atoms with van der Waals surface area (Å²) >= 11 is 0. The molecule has 1 aromatic carbocycles. The second kappa shape index (κ2) is 5.30. The lowest BCUT2D eigenvalue weighted by molar-refractivity contribution is 0.0931. The number of amides is 1. The van der Waals surface area contributed by atoms with Gasteiger partial charge in [0.05, 0.1) is 18.6 Å². The molecule has 0 saturated heterocycles. The molecule has 4 nitrogen and oxygen atoms in total. The predicted octanol–water partition coefficient (Wildman–Crippen LogP) is 2.29. The second-order valence-corrected chi connectivity index (χ2v) is 3.81. The molecule has 0 fully saturated rings. The second-order valence-electron chi connectivity index (χ2n) is 3.81. The third-order valence-corrected chi connectivity index (χ3v) is 2.66. The van der Waals surface area contributed by atoms with Gasteiger partial charge in [-0.05, 0) is 12.0 Å². The molecule has 1 amide bonds. The average molecular weight is 229 g/mol. The number of benzene rings is 1. The van der Waals surface area contributed by atoms with Gasteiger partial charge < -0.3 is 10.3 Å². The van der Waals surface area contributed by atoms with Crippen LogP contribution < -0.4 is 5.32 Å². The Balaban J connectivity index is 2.09. The minimum Gasteiger partial charge on any atom is -0.344 e. The molecule has 1 unspecified atom stereocenters. The monoisotopic (exact) mass is 229 g/mol. The summed E-state index contributed by atoms with van der Waals surface area (Å²) in [7, 11) is 0. The van der Waals surface area contributed by atoms with Crippen LogP contribution in [0.2, 0.25) is 0 Å². The summed E-state index contributed by atoms with van der Waals surface area (Å²) in [6.45, 7) is 2.05. The number of aromatic amines is 1. The van der Waals surface area contributed by atoms with E-state index < -0.39 is 0 Å². The lowest BCUT2D eigenvalue weighted by Crippen LogP contribution is -2.28. The van der Waals surface area contributed by atoms with Crippen molar-refractivity contribution in [3.8, 4) is 0 Å². The fourth-order valence-corrected chi connectivity index (χ4v) is 1.72. The van der Waals surface area contributed by atoms with E-state index in [1.807, 2.05) is 37.3 Å². The Labute approximate surface area is 100 Å². The Bertz CT molecular complexity index is 465. The van der Waals surface area contributed by atoms with Gasteiger partial charge >= 0.3 is 0 Å². The van der Waals surface area contributed by atoms with Crippen molar-refractivity contribution < 1.29 is 4.79 Å². The summed E-state index contributed by atoms with van der Waals surface area (Å²) in [6, 6.07) is 9.98. The van der Waals surface area contributed by atoms with Crippen LogP contribution in [0.4, 0.5) is 0 Å². The van der Waals surface area contributed by atoms with E-state index in [1.165, 1.54) is 12.5 Å². The molecule has 0 aliphatic heterocycles. The van der Waals surface area contributed by atoms with Gasteiger partial charge in [-0.2, -0.15) is 0 Å². The lowest BCUT2D eigenvalue weighted by atomic mass is 10.0. The fraction of sp³-hybridized carbons (Fsp3) is 0.231. The van der Waals surface area contributed by atoms with Crippen molar-refractivity contribution in [2.75, 3.05) is 0 Å². The van der Waals surface area contributed by atoms with E-state index in [9.17, 15) is 4.79 Å². The van der Waals surface area contributed by atoms with Gasteiger partial charge in [0.15, 0.2) is 0 Å². The number of hydrogen-bond donors (Lipinski definition) is 2. The summed E-state index contributed by atoms with van der Waals surface area (Å²) in [6.07, 6.45) is 3.87. The standard InChI is InChI=1S/C13H15N3O/c1-2-11(10-6-4-3-5-7-10)16-13(17)12-8-14-9-15-12/h3-9,11H,2H2,1H3,(H,14,15)(H,16,17).